The Hall–Kier alpha value is -1.13. The molecule has 23 heavy (non-hydrogen) atoms. The summed E-state index contributed by atoms with van der Waals surface area (Å²) in [6.07, 6.45) is 3.91. The predicted octanol–water partition coefficient (Wildman–Crippen LogP) is 3.55. The Bertz CT molecular complexity index is 528. The van der Waals surface area contributed by atoms with E-state index in [0.717, 1.165) is 31.2 Å². The largest absolute Gasteiger partial charge is 0.355 e. The summed E-state index contributed by atoms with van der Waals surface area (Å²) in [6.45, 7) is 6.58. The molecule has 130 valence electrons. The predicted molar refractivity (Wildman–Crippen MR) is 94.2 cm³/mol. The molecule has 0 radical (unpaired) electrons. The Balaban J connectivity index is 0.00000264. The van der Waals surface area contributed by atoms with Gasteiger partial charge in [-0.15, -0.1) is 12.4 Å². The molecule has 5 heteroatoms. The first-order valence-electron chi connectivity index (χ1n) is 8.05. The van der Waals surface area contributed by atoms with E-state index >= 15 is 0 Å². The summed E-state index contributed by atoms with van der Waals surface area (Å²) in [5.74, 6) is -0.324. The lowest BCUT2D eigenvalue weighted by atomic mass is 9.74. The van der Waals surface area contributed by atoms with Crippen LogP contribution >= 0.6 is 12.4 Å². The van der Waals surface area contributed by atoms with E-state index in [-0.39, 0.29) is 35.5 Å². The van der Waals surface area contributed by atoms with Crippen molar-refractivity contribution in [1.82, 2.24) is 5.32 Å². The topological polar surface area (TPSA) is 55.1 Å². The van der Waals surface area contributed by atoms with Gasteiger partial charge >= 0.3 is 0 Å². The summed E-state index contributed by atoms with van der Waals surface area (Å²) in [5, 5.41) is 3.05. The van der Waals surface area contributed by atoms with Crippen LogP contribution in [0.3, 0.4) is 0 Å². The van der Waals surface area contributed by atoms with Gasteiger partial charge in [0, 0.05) is 17.5 Å². The molecule has 1 aromatic rings. The van der Waals surface area contributed by atoms with Crippen molar-refractivity contribution >= 4 is 18.3 Å². The summed E-state index contributed by atoms with van der Waals surface area (Å²) in [4.78, 5) is 12.5. The molecule has 0 heterocycles. The maximum atomic E-state index is 13.0. The number of amides is 1. The van der Waals surface area contributed by atoms with Gasteiger partial charge in [0.2, 0.25) is 5.91 Å². The van der Waals surface area contributed by atoms with Crippen LogP contribution in [0.25, 0.3) is 0 Å². The molecule has 1 saturated carbocycles. The van der Waals surface area contributed by atoms with Crippen LogP contribution in [0.4, 0.5) is 4.39 Å². The van der Waals surface area contributed by atoms with E-state index < -0.39 is 5.54 Å². The molecule has 0 bridgehead atoms. The summed E-state index contributed by atoms with van der Waals surface area (Å²) >= 11 is 0. The van der Waals surface area contributed by atoms with Gasteiger partial charge < -0.3 is 11.1 Å². The number of halogens is 2. The maximum absolute atomic E-state index is 13.0. The van der Waals surface area contributed by atoms with Gasteiger partial charge in [-0.1, -0.05) is 38.8 Å². The number of nitrogens with one attached hydrogen (secondary N) is 1. The lowest BCUT2D eigenvalue weighted by molar-refractivity contribution is -0.128. The second-order valence-corrected chi connectivity index (χ2v) is 7.41. The third-order valence-electron chi connectivity index (χ3n) is 4.90. The quantitative estimate of drug-likeness (QED) is 0.879. The standard InChI is InChI=1S/C18H27FN2O.ClH/c1-17(2,13-7-9-14(19)10-8-13)12-21-16(22)15-6-4-5-11-18(15,3)20;/h7-10,15H,4-6,11-12,20H2,1-3H3,(H,21,22);1H. The zero-order valence-corrected chi connectivity index (χ0v) is 15.0. The summed E-state index contributed by atoms with van der Waals surface area (Å²) < 4.78 is 13.0. The molecular weight excluding hydrogens is 315 g/mol. The first kappa shape index (κ1) is 19.9. The van der Waals surface area contributed by atoms with Gasteiger partial charge in [0.15, 0.2) is 0 Å². The third kappa shape index (κ3) is 4.92. The molecule has 2 atom stereocenters. The number of benzene rings is 1. The van der Waals surface area contributed by atoms with Crippen molar-refractivity contribution in [2.45, 2.75) is 57.4 Å². The SMILES string of the molecule is CC(C)(CNC(=O)C1CCCCC1(C)N)c1ccc(F)cc1.Cl. The Morgan fingerprint density at radius 3 is 2.52 bits per heavy atom. The molecule has 1 fully saturated rings. The van der Waals surface area contributed by atoms with Gasteiger partial charge in [-0.25, -0.2) is 4.39 Å². The van der Waals surface area contributed by atoms with E-state index in [9.17, 15) is 9.18 Å². The molecule has 1 aliphatic rings. The maximum Gasteiger partial charge on any atom is 0.224 e. The number of hydrogen-bond donors (Lipinski definition) is 2. The highest BCUT2D eigenvalue weighted by Gasteiger charge is 2.38. The monoisotopic (exact) mass is 342 g/mol. The molecule has 0 saturated heterocycles. The Morgan fingerprint density at radius 2 is 1.96 bits per heavy atom. The Morgan fingerprint density at radius 1 is 1.35 bits per heavy atom. The first-order valence-corrected chi connectivity index (χ1v) is 8.05. The molecular formula is C18H28ClFN2O. The van der Waals surface area contributed by atoms with E-state index in [4.69, 9.17) is 5.73 Å². The first-order chi connectivity index (χ1) is 10.2. The summed E-state index contributed by atoms with van der Waals surface area (Å²) in [6, 6.07) is 6.46. The van der Waals surface area contributed by atoms with E-state index in [1.165, 1.54) is 12.1 Å². The number of rotatable bonds is 4. The van der Waals surface area contributed by atoms with Crippen LogP contribution in [-0.2, 0) is 10.2 Å². The van der Waals surface area contributed by atoms with Gasteiger partial charge in [-0.3, -0.25) is 4.79 Å². The van der Waals surface area contributed by atoms with E-state index in [1.807, 2.05) is 20.8 Å². The highest BCUT2D eigenvalue weighted by atomic mass is 35.5. The highest BCUT2D eigenvalue weighted by molar-refractivity contribution is 5.85. The molecule has 2 unspecified atom stereocenters. The molecule has 1 amide bonds. The minimum atomic E-state index is -0.414. The van der Waals surface area contributed by atoms with Crippen LogP contribution < -0.4 is 11.1 Å². The zero-order valence-electron chi connectivity index (χ0n) is 14.2. The molecule has 0 spiro atoms. The van der Waals surface area contributed by atoms with Crippen LogP contribution in [0.1, 0.15) is 52.0 Å². The van der Waals surface area contributed by atoms with E-state index in [2.05, 4.69) is 5.32 Å². The van der Waals surface area contributed by atoms with Crippen molar-refractivity contribution in [3.05, 3.63) is 35.6 Å². The number of carbonyl (C=O) groups excluding carboxylic acids is 1. The minimum absolute atomic E-state index is 0. The Kier molecular flexibility index (Phi) is 6.60. The number of carbonyl (C=O) groups is 1. The zero-order chi connectivity index (χ0) is 16.4. The highest BCUT2D eigenvalue weighted by Crippen LogP contribution is 2.32. The van der Waals surface area contributed by atoms with Crippen LogP contribution in [-0.4, -0.2) is 18.0 Å². The van der Waals surface area contributed by atoms with Crippen molar-refractivity contribution in [3.63, 3.8) is 0 Å². The smallest absolute Gasteiger partial charge is 0.224 e. The Labute approximate surface area is 144 Å². The average Bonchev–Trinajstić information content (AvgIpc) is 2.45. The van der Waals surface area contributed by atoms with Gasteiger partial charge in [0.05, 0.1) is 5.92 Å². The van der Waals surface area contributed by atoms with Gasteiger partial charge in [-0.05, 0) is 37.5 Å². The van der Waals surface area contributed by atoms with Gasteiger partial charge in [0.1, 0.15) is 5.82 Å². The molecule has 2 rings (SSSR count). The van der Waals surface area contributed by atoms with E-state index in [1.54, 1.807) is 12.1 Å². The van der Waals surface area contributed by atoms with E-state index in [0.29, 0.717) is 6.54 Å². The normalized spacial score (nSPS) is 24.7. The second kappa shape index (κ2) is 7.63. The van der Waals surface area contributed by atoms with Crippen LogP contribution in [0.2, 0.25) is 0 Å². The molecule has 1 aromatic carbocycles. The number of nitrogens with two attached hydrogens (primary N) is 1. The van der Waals surface area contributed by atoms with Crippen molar-refractivity contribution in [2.24, 2.45) is 11.7 Å². The lowest BCUT2D eigenvalue weighted by Crippen LogP contribution is -2.54. The molecule has 0 aromatic heterocycles. The average molecular weight is 343 g/mol. The fourth-order valence-corrected chi connectivity index (χ4v) is 3.22. The minimum Gasteiger partial charge on any atom is -0.355 e. The summed E-state index contributed by atoms with van der Waals surface area (Å²) in [5.41, 5.74) is 6.63. The van der Waals surface area contributed by atoms with Crippen molar-refractivity contribution in [1.29, 1.82) is 0 Å². The van der Waals surface area contributed by atoms with Crippen LogP contribution in [0.15, 0.2) is 24.3 Å². The molecule has 3 N–H and O–H groups in total. The van der Waals surface area contributed by atoms with Gasteiger partial charge in [-0.2, -0.15) is 0 Å². The molecule has 1 aliphatic carbocycles. The summed E-state index contributed by atoms with van der Waals surface area (Å²) in [7, 11) is 0. The molecule has 0 aliphatic heterocycles. The van der Waals surface area contributed by atoms with Gasteiger partial charge in [0.25, 0.3) is 0 Å². The van der Waals surface area contributed by atoms with Crippen LogP contribution in [0, 0.1) is 11.7 Å². The third-order valence-corrected chi connectivity index (χ3v) is 4.90. The van der Waals surface area contributed by atoms with Crippen molar-refractivity contribution in [3.8, 4) is 0 Å². The fourth-order valence-electron chi connectivity index (χ4n) is 3.22. The number of hydrogen-bond acceptors (Lipinski definition) is 2. The molecule has 3 nitrogen and oxygen atoms in total. The van der Waals surface area contributed by atoms with Crippen molar-refractivity contribution < 1.29 is 9.18 Å². The van der Waals surface area contributed by atoms with Crippen molar-refractivity contribution in [2.75, 3.05) is 6.54 Å². The van der Waals surface area contributed by atoms with Crippen LogP contribution in [0.5, 0.6) is 0 Å². The second-order valence-electron chi connectivity index (χ2n) is 7.41. The lowest BCUT2D eigenvalue weighted by Gasteiger charge is -2.38. The fraction of sp³-hybridized carbons (Fsp3) is 0.611.